The number of rotatable bonds is 2. The normalized spacial score (nSPS) is 40.7. The molecule has 0 saturated carbocycles. The Morgan fingerprint density at radius 1 is 1.31 bits per heavy atom. The third-order valence-corrected chi connectivity index (χ3v) is 2.58. The third kappa shape index (κ3) is 1.01. The number of epoxide rings is 2. The van der Waals surface area contributed by atoms with E-state index in [1.807, 2.05) is 30.3 Å². The van der Waals surface area contributed by atoms with E-state index in [1.165, 1.54) is 0 Å². The molecule has 2 unspecified atom stereocenters. The number of aliphatic hydroxyl groups is 1. The van der Waals surface area contributed by atoms with E-state index in [-0.39, 0.29) is 0 Å². The summed E-state index contributed by atoms with van der Waals surface area (Å²) < 4.78 is 10.2. The molecule has 1 spiro atoms. The van der Waals surface area contributed by atoms with E-state index < -0.39 is 11.6 Å². The first-order valence-electron chi connectivity index (χ1n) is 4.35. The Labute approximate surface area is 75.9 Å². The molecular formula is C10H10O3. The van der Waals surface area contributed by atoms with Crippen molar-refractivity contribution in [3.63, 3.8) is 0 Å². The molecule has 0 bridgehead atoms. The second kappa shape index (κ2) is 2.12. The summed E-state index contributed by atoms with van der Waals surface area (Å²) in [5.41, 5.74) is 1.07. The molecule has 3 rings (SSSR count). The predicted octanol–water partition coefficient (Wildman–Crippen LogP) is 0.674. The van der Waals surface area contributed by atoms with Crippen molar-refractivity contribution < 1.29 is 14.6 Å². The van der Waals surface area contributed by atoms with Crippen molar-refractivity contribution >= 4 is 0 Å². The Balaban J connectivity index is 1.77. The minimum atomic E-state index is -1.06. The highest BCUT2D eigenvalue weighted by molar-refractivity contribution is 5.22. The average Bonchev–Trinajstić information content (AvgIpc) is 2.97. The summed E-state index contributed by atoms with van der Waals surface area (Å²) in [5.74, 6) is -1.70. The van der Waals surface area contributed by atoms with Crippen LogP contribution in [0.25, 0.3) is 0 Å². The molecule has 2 atom stereocenters. The van der Waals surface area contributed by atoms with Gasteiger partial charge in [-0.25, -0.2) is 0 Å². The van der Waals surface area contributed by atoms with Gasteiger partial charge in [-0.2, -0.15) is 0 Å². The Kier molecular flexibility index (Phi) is 1.22. The molecule has 68 valence electrons. The lowest BCUT2D eigenvalue weighted by Gasteiger charge is -2.02. The van der Waals surface area contributed by atoms with Gasteiger partial charge in [0.15, 0.2) is 0 Å². The Bertz CT molecular complexity index is 331. The van der Waals surface area contributed by atoms with Crippen molar-refractivity contribution in [3.8, 4) is 0 Å². The van der Waals surface area contributed by atoms with Crippen LogP contribution in [0, 0.1) is 0 Å². The SMILES string of the molecule is OC1(Cc2ccccc2)OC12CO2. The maximum Gasteiger partial charge on any atom is 0.251 e. The van der Waals surface area contributed by atoms with E-state index in [4.69, 9.17) is 9.47 Å². The quantitative estimate of drug-likeness (QED) is 0.677. The van der Waals surface area contributed by atoms with Gasteiger partial charge in [0.1, 0.15) is 6.61 Å². The Morgan fingerprint density at radius 3 is 2.54 bits per heavy atom. The van der Waals surface area contributed by atoms with Crippen molar-refractivity contribution in [2.45, 2.75) is 18.0 Å². The average molecular weight is 178 g/mol. The van der Waals surface area contributed by atoms with Crippen molar-refractivity contribution in [1.82, 2.24) is 0 Å². The van der Waals surface area contributed by atoms with E-state index >= 15 is 0 Å². The van der Waals surface area contributed by atoms with Crippen LogP contribution in [0.2, 0.25) is 0 Å². The fraction of sp³-hybridized carbons (Fsp3) is 0.400. The second-order valence-electron chi connectivity index (χ2n) is 3.59. The topological polar surface area (TPSA) is 45.3 Å². The Hall–Kier alpha value is -0.900. The number of hydrogen-bond acceptors (Lipinski definition) is 3. The molecule has 0 aromatic heterocycles. The van der Waals surface area contributed by atoms with Gasteiger partial charge in [0, 0.05) is 6.42 Å². The first-order chi connectivity index (χ1) is 6.24. The summed E-state index contributed by atoms with van der Waals surface area (Å²) in [6, 6.07) is 9.78. The zero-order valence-corrected chi connectivity index (χ0v) is 7.06. The van der Waals surface area contributed by atoms with Gasteiger partial charge in [-0.05, 0) is 5.56 Å². The minimum Gasteiger partial charge on any atom is -0.361 e. The zero-order chi connectivity index (χ0) is 8.94. The second-order valence-corrected chi connectivity index (χ2v) is 3.59. The van der Waals surface area contributed by atoms with Gasteiger partial charge in [-0.15, -0.1) is 0 Å². The van der Waals surface area contributed by atoms with Crippen molar-refractivity contribution in [2.24, 2.45) is 0 Å². The summed E-state index contributed by atoms with van der Waals surface area (Å²) in [6.45, 7) is 0.524. The smallest absolute Gasteiger partial charge is 0.251 e. The van der Waals surface area contributed by atoms with Crippen LogP contribution in [0.5, 0.6) is 0 Å². The number of ether oxygens (including phenoxy) is 2. The van der Waals surface area contributed by atoms with E-state index in [1.54, 1.807) is 0 Å². The molecule has 2 aliphatic heterocycles. The summed E-state index contributed by atoms with van der Waals surface area (Å²) in [6.07, 6.45) is 0.508. The molecule has 2 heterocycles. The molecule has 0 aliphatic carbocycles. The van der Waals surface area contributed by atoms with Crippen LogP contribution in [-0.2, 0) is 15.9 Å². The van der Waals surface area contributed by atoms with Crippen LogP contribution in [0.1, 0.15) is 5.56 Å². The molecule has 3 heteroatoms. The molecule has 0 radical (unpaired) electrons. The molecule has 13 heavy (non-hydrogen) atoms. The summed E-state index contributed by atoms with van der Waals surface area (Å²) in [5, 5.41) is 9.83. The monoisotopic (exact) mass is 178 g/mol. The van der Waals surface area contributed by atoms with Gasteiger partial charge in [-0.3, -0.25) is 0 Å². The lowest BCUT2D eigenvalue weighted by atomic mass is 10.1. The predicted molar refractivity (Wildman–Crippen MR) is 44.9 cm³/mol. The van der Waals surface area contributed by atoms with Crippen molar-refractivity contribution in [1.29, 1.82) is 0 Å². The van der Waals surface area contributed by atoms with Gasteiger partial charge in [-0.1, -0.05) is 30.3 Å². The lowest BCUT2D eigenvalue weighted by Crippen LogP contribution is -2.19. The minimum absolute atomic E-state index is 0.508. The van der Waals surface area contributed by atoms with Gasteiger partial charge in [0.2, 0.25) is 5.79 Å². The fourth-order valence-electron chi connectivity index (χ4n) is 1.64. The van der Waals surface area contributed by atoms with Crippen LogP contribution in [0.3, 0.4) is 0 Å². The maximum atomic E-state index is 9.83. The van der Waals surface area contributed by atoms with Gasteiger partial charge in [0.25, 0.3) is 5.79 Å². The van der Waals surface area contributed by atoms with Crippen LogP contribution < -0.4 is 0 Å². The zero-order valence-electron chi connectivity index (χ0n) is 7.06. The third-order valence-electron chi connectivity index (χ3n) is 2.58. The largest absolute Gasteiger partial charge is 0.361 e. The molecular weight excluding hydrogens is 168 g/mol. The van der Waals surface area contributed by atoms with Gasteiger partial charge < -0.3 is 14.6 Å². The summed E-state index contributed by atoms with van der Waals surface area (Å²) in [4.78, 5) is 0. The molecule has 1 aromatic carbocycles. The summed E-state index contributed by atoms with van der Waals surface area (Å²) >= 11 is 0. The highest BCUT2D eigenvalue weighted by Gasteiger charge is 2.80. The molecule has 2 saturated heterocycles. The van der Waals surface area contributed by atoms with E-state index in [9.17, 15) is 5.11 Å². The molecule has 1 N–H and O–H groups in total. The highest BCUT2D eigenvalue weighted by atomic mass is 16.9. The van der Waals surface area contributed by atoms with Crippen molar-refractivity contribution in [3.05, 3.63) is 35.9 Å². The Morgan fingerprint density at radius 2 is 2.00 bits per heavy atom. The van der Waals surface area contributed by atoms with Crippen molar-refractivity contribution in [2.75, 3.05) is 6.61 Å². The fourth-order valence-corrected chi connectivity index (χ4v) is 1.64. The van der Waals surface area contributed by atoms with Gasteiger partial charge in [0.05, 0.1) is 0 Å². The molecule has 0 amide bonds. The first kappa shape index (κ1) is 7.50. The number of benzene rings is 1. The van der Waals surface area contributed by atoms with Crippen LogP contribution in [0.15, 0.2) is 30.3 Å². The standard InChI is InChI=1S/C10H10O3/c11-9(10(13-9)7-12-10)6-8-4-2-1-3-5-8/h1-5,11H,6-7H2. The van der Waals surface area contributed by atoms with E-state index in [0.29, 0.717) is 13.0 Å². The number of hydrogen-bond donors (Lipinski definition) is 1. The van der Waals surface area contributed by atoms with Crippen LogP contribution in [0.4, 0.5) is 0 Å². The van der Waals surface area contributed by atoms with E-state index in [0.717, 1.165) is 5.56 Å². The lowest BCUT2D eigenvalue weighted by molar-refractivity contribution is 0.0368. The maximum absolute atomic E-state index is 9.83. The molecule has 3 nitrogen and oxygen atoms in total. The summed E-state index contributed by atoms with van der Waals surface area (Å²) in [7, 11) is 0. The first-order valence-corrected chi connectivity index (χ1v) is 4.35. The highest BCUT2D eigenvalue weighted by Crippen LogP contribution is 2.57. The molecule has 1 aromatic rings. The molecule has 2 fully saturated rings. The molecule has 2 aliphatic rings. The van der Waals surface area contributed by atoms with Gasteiger partial charge >= 0.3 is 0 Å². The van der Waals surface area contributed by atoms with E-state index in [2.05, 4.69) is 0 Å². The van der Waals surface area contributed by atoms with Crippen LogP contribution in [-0.4, -0.2) is 23.3 Å². The van der Waals surface area contributed by atoms with Crippen LogP contribution >= 0.6 is 0 Å².